The van der Waals surface area contributed by atoms with Crippen molar-refractivity contribution in [3.63, 3.8) is 0 Å². The molecular formula is C10H18N2O4S2. The summed E-state index contributed by atoms with van der Waals surface area (Å²) in [6.45, 7) is 3.19. The van der Waals surface area contributed by atoms with Crippen LogP contribution in [0.4, 0.5) is 0 Å². The highest BCUT2D eigenvalue weighted by atomic mass is 32.2. The average Bonchev–Trinajstić information content (AvgIpc) is 2.23. The normalized spacial score (nSPS) is 24.4. The van der Waals surface area contributed by atoms with E-state index in [1.54, 1.807) is 6.92 Å². The number of nitrogens with zero attached hydrogens (tertiary/aromatic N) is 1. The van der Waals surface area contributed by atoms with Gasteiger partial charge in [0.05, 0.1) is 11.5 Å². The van der Waals surface area contributed by atoms with Crippen LogP contribution in [0.1, 0.15) is 13.8 Å². The second-order valence-corrected chi connectivity index (χ2v) is 7.02. The molecule has 0 saturated carbocycles. The van der Waals surface area contributed by atoms with Crippen molar-refractivity contribution in [3.8, 4) is 0 Å². The molecule has 1 N–H and O–H groups in total. The van der Waals surface area contributed by atoms with Gasteiger partial charge in [0.1, 0.15) is 6.04 Å². The summed E-state index contributed by atoms with van der Waals surface area (Å²) in [5.41, 5.74) is 0. The Balaban J connectivity index is 2.74. The maximum Gasteiger partial charge on any atom is 0.246 e. The van der Waals surface area contributed by atoms with E-state index in [4.69, 9.17) is 0 Å². The minimum Gasteiger partial charge on any atom is -0.344 e. The number of carbonyl (C=O) groups is 2. The highest BCUT2D eigenvalue weighted by Gasteiger charge is 2.34. The minimum atomic E-state index is -3.05. The third-order valence-electron chi connectivity index (χ3n) is 2.81. The monoisotopic (exact) mass is 294 g/mol. The van der Waals surface area contributed by atoms with E-state index in [-0.39, 0.29) is 41.7 Å². The maximum atomic E-state index is 12.2. The van der Waals surface area contributed by atoms with E-state index in [0.717, 1.165) is 0 Å². The molecule has 0 spiro atoms. The van der Waals surface area contributed by atoms with Crippen LogP contribution >= 0.6 is 12.6 Å². The quantitative estimate of drug-likeness (QED) is 0.659. The van der Waals surface area contributed by atoms with Crippen molar-refractivity contribution in [2.75, 3.05) is 23.8 Å². The summed E-state index contributed by atoms with van der Waals surface area (Å²) >= 11 is 4.03. The molecule has 0 aliphatic carbocycles. The molecular weight excluding hydrogens is 276 g/mol. The summed E-state index contributed by atoms with van der Waals surface area (Å²) < 4.78 is 22.8. The van der Waals surface area contributed by atoms with Crippen LogP contribution in [0.3, 0.4) is 0 Å². The lowest BCUT2D eigenvalue weighted by atomic mass is 10.2. The van der Waals surface area contributed by atoms with E-state index < -0.39 is 15.9 Å². The predicted molar refractivity (Wildman–Crippen MR) is 71.3 cm³/mol. The summed E-state index contributed by atoms with van der Waals surface area (Å²) in [5, 5.41) is 2.51. The molecule has 2 amide bonds. The number of rotatable bonds is 3. The number of thiol groups is 1. The first kappa shape index (κ1) is 15.3. The van der Waals surface area contributed by atoms with Gasteiger partial charge in [-0.3, -0.25) is 9.59 Å². The van der Waals surface area contributed by atoms with Crippen molar-refractivity contribution in [3.05, 3.63) is 0 Å². The van der Waals surface area contributed by atoms with Gasteiger partial charge >= 0.3 is 0 Å². The third kappa shape index (κ3) is 3.88. The van der Waals surface area contributed by atoms with Crippen LogP contribution < -0.4 is 5.32 Å². The zero-order valence-electron chi connectivity index (χ0n) is 10.4. The molecule has 0 aromatic carbocycles. The summed E-state index contributed by atoms with van der Waals surface area (Å²) in [6.07, 6.45) is 0. The molecule has 2 atom stereocenters. The zero-order chi connectivity index (χ0) is 13.9. The largest absolute Gasteiger partial charge is 0.344 e. The molecule has 1 rings (SSSR count). The number of sulfone groups is 1. The Morgan fingerprint density at radius 3 is 2.56 bits per heavy atom. The van der Waals surface area contributed by atoms with Gasteiger partial charge < -0.3 is 10.2 Å². The molecule has 0 radical (unpaired) electrons. The summed E-state index contributed by atoms with van der Waals surface area (Å²) in [7, 11) is -3.05. The van der Waals surface area contributed by atoms with Crippen LogP contribution in [0.2, 0.25) is 0 Å². The first-order valence-electron chi connectivity index (χ1n) is 5.65. The fraction of sp³-hybridized carbons (Fsp3) is 0.800. The van der Waals surface area contributed by atoms with E-state index in [1.807, 2.05) is 0 Å². The lowest BCUT2D eigenvalue weighted by Crippen LogP contribution is -2.56. The van der Waals surface area contributed by atoms with Crippen LogP contribution in [-0.4, -0.2) is 61.0 Å². The van der Waals surface area contributed by atoms with Gasteiger partial charge in [0.25, 0.3) is 0 Å². The second kappa shape index (κ2) is 5.92. The van der Waals surface area contributed by atoms with Gasteiger partial charge in [0.2, 0.25) is 11.8 Å². The van der Waals surface area contributed by atoms with Crippen LogP contribution in [-0.2, 0) is 19.4 Å². The number of hydrogen-bond acceptors (Lipinski definition) is 5. The van der Waals surface area contributed by atoms with Crippen molar-refractivity contribution in [2.45, 2.75) is 25.9 Å². The molecule has 0 aromatic heterocycles. The van der Waals surface area contributed by atoms with Gasteiger partial charge in [-0.15, -0.1) is 0 Å². The van der Waals surface area contributed by atoms with E-state index in [0.29, 0.717) is 0 Å². The van der Waals surface area contributed by atoms with Crippen LogP contribution in [0.25, 0.3) is 0 Å². The van der Waals surface area contributed by atoms with Crippen molar-refractivity contribution in [2.24, 2.45) is 0 Å². The van der Waals surface area contributed by atoms with Crippen LogP contribution in [0.5, 0.6) is 0 Å². The Morgan fingerprint density at radius 2 is 2.11 bits per heavy atom. The number of nitrogens with one attached hydrogen (secondary N) is 1. The summed E-state index contributed by atoms with van der Waals surface area (Å²) in [5.74, 6) is -0.447. The highest BCUT2D eigenvalue weighted by Crippen LogP contribution is 2.13. The van der Waals surface area contributed by atoms with Gasteiger partial charge in [-0.25, -0.2) is 8.42 Å². The molecule has 0 bridgehead atoms. The average molecular weight is 294 g/mol. The van der Waals surface area contributed by atoms with Gasteiger partial charge in [-0.2, -0.15) is 12.6 Å². The van der Waals surface area contributed by atoms with Crippen molar-refractivity contribution >= 4 is 34.3 Å². The SMILES string of the molecule is CC(=O)NC(CS)C(=O)N1CCS(=O)(=O)CC1C. The van der Waals surface area contributed by atoms with E-state index >= 15 is 0 Å². The molecule has 1 aliphatic heterocycles. The smallest absolute Gasteiger partial charge is 0.246 e. The molecule has 2 unspecified atom stereocenters. The Morgan fingerprint density at radius 1 is 1.50 bits per heavy atom. The lowest BCUT2D eigenvalue weighted by Gasteiger charge is -2.35. The maximum absolute atomic E-state index is 12.2. The molecule has 104 valence electrons. The van der Waals surface area contributed by atoms with Gasteiger partial charge in [-0.05, 0) is 6.92 Å². The molecule has 1 fully saturated rings. The van der Waals surface area contributed by atoms with Crippen molar-refractivity contribution < 1.29 is 18.0 Å². The first-order valence-corrected chi connectivity index (χ1v) is 8.11. The molecule has 1 saturated heterocycles. The highest BCUT2D eigenvalue weighted by molar-refractivity contribution is 7.91. The Hall–Kier alpha value is -0.760. The Labute approximate surface area is 112 Å². The fourth-order valence-electron chi connectivity index (χ4n) is 1.96. The standard InChI is InChI=1S/C10H18N2O4S2/c1-7-6-18(15,16)4-3-12(7)10(14)9(5-17)11-8(2)13/h7,9,17H,3-6H2,1-2H3,(H,11,13). The second-order valence-electron chi connectivity index (χ2n) is 4.43. The van der Waals surface area contributed by atoms with E-state index in [9.17, 15) is 18.0 Å². The Kier molecular flexibility index (Phi) is 5.03. The molecule has 6 nitrogen and oxygen atoms in total. The number of amides is 2. The summed E-state index contributed by atoms with van der Waals surface area (Å²) in [4.78, 5) is 24.6. The van der Waals surface area contributed by atoms with Crippen LogP contribution in [0.15, 0.2) is 0 Å². The van der Waals surface area contributed by atoms with E-state index in [2.05, 4.69) is 17.9 Å². The van der Waals surface area contributed by atoms with Gasteiger partial charge in [0.15, 0.2) is 9.84 Å². The van der Waals surface area contributed by atoms with Gasteiger partial charge in [-0.1, -0.05) is 0 Å². The van der Waals surface area contributed by atoms with E-state index in [1.165, 1.54) is 11.8 Å². The lowest BCUT2D eigenvalue weighted by molar-refractivity contribution is -0.136. The Bertz CT molecular complexity index is 435. The van der Waals surface area contributed by atoms with Crippen molar-refractivity contribution in [1.29, 1.82) is 0 Å². The molecule has 8 heteroatoms. The summed E-state index contributed by atoms with van der Waals surface area (Å²) in [6, 6.07) is -1.07. The number of carbonyl (C=O) groups excluding carboxylic acids is 2. The molecule has 0 aromatic rings. The fourth-order valence-corrected chi connectivity index (χ4v) is 3.76. The van der Waals surface area contributed by atoms with Crippen molar-refractivity contribution in [1.82, 2.24) is 10.2 Å². The number of hydrogen-bond donors (Lipinski definition) is 2. The van der Waals surface area contributed by atoms with Gasteiger partial charge in [0, 0.05) is 25.3 Å². The topological polar surface area (TPSA) is 83.6 Å². The van der Waals surface area contributed by atoms with Crippen LogP contribution in [0, 0.1) is 0 Å². The molecule has 1 aliphatic rings. The molecule has 18 heavy (non-hydrogen) atoms. The predicted octanol–water partition coefficient (Wildman–Crippen LogP) is -0.934. The minimum absolute atomic E-state index is 0.0254. The molecule has 1 heterocycles. The first-order chi connectivity index (χ1) is 8.26. The zero-order valence-corrected chi connectivity index (χ0v) is 12.1. The third-order valence-corrected chi connectivity index (χ3v) is 4.97.